The molecular weight excluding hydrogens is 274 g/mol. The number of hydrogen-bond donors (Lipinski definition) is 0. The number of benzene rings is 2. The van der Waals surface area contributed by atoms with Gasteiger partial charge >= 0.3 is 0 Å². The average Bonchev–Trinajstić information content (AvgIpc) is 3.04. The largest absolute Gasteiger partial charge is 0.360 e. The summed E-state index contributed by atoms with van der Waals surface area (Å²) < 4.78 is 5.36. The molecule has 0 aliphatic carbocycles. The number of rotatable bonds is 3. The van der Waals surface area contributed by atoms with E-state index >= 15 is 0 Å². The first-order chi connectivity index (χ1) is 10.8. The fourth-order valence-electron chi connectivity index (χ4n) is 2.15. The van der Waals surface area contributed by atoms with Crippen LogP contribution in [0, 0.1) is 22.7 Å². The van der Waals surface area contributed by atoms with Crippen LogP contribution in [0.4, 0.5) is 0 Å². The summed E-state index contributed by atoms with van der Waals surface area (Å²) in [7, 11) is 0. The molecule has 22 heavy (non-hydrogen) atoms. The lowest BCUT2D eigenvalue weighted by Gasteiger charge is -1.97. The summed E-state index contributed by atoms with van der Waals surface area (Å²) in [6.45, 7) is 0. The molecular formula is C18H11N3O. The second-order valence-electron chi connectivity index (χ2n) is 4.85. The van der Waals surface area contributed by atoms with Crippen LogP contribution in [-0.2, 0) is 6.42 Å². The van der Waals surface area contributed by atoms with Crippen LogP contribution in [0.3, 0.4) is 0 Å². The molecule has 104 valence electrons. The van der Waals surface area contributed by atoms with Crippen LogP contribution in [0.25, 0.3) is 11.3 Å². The second-order valence-corrected chi connectivity index (χ2v) is 4.85. The molecule has 0 bridgehead atoms. The molecule has 3 rings (SSSR count). The monoisotopic (exact) mass is 285 g/mol. The Bertz CT molecular complexity index is 862. The third-order valence-corrected chi connectivity index (χ3v) is 3.33. The summed E-state index contributed by atoms with van der Waals surface area (Å²) in [6, 6.07) is 20.7. The van der Waals surface area contributed by atoms with Crippen LogP contribution in [0.2, 0.25) is 0 Å². The molecule has 0 radical (unpaired) electrons. The Hall–Kier alpha value is -3.37. The molecule has 1 heterocycles. The summed E-state index contributed by atoms with van der Waals surface area (Å²) in [5.41, 5.74) is 3.97. The van der Waals surface area contributed by atoms with Gasteiger partial charge in [0.15, 0.2) is 0 Å². The van der Waals surface area contributed by atoms with E-state index < -0.39 is 0 Å². The topological polar surface area (TPSA) is 73.6 Å². The second kappa shape index (κ2) is 5.95. The Labute approximate surface area is 127 Å². The molecule has 3 aromatic rings. The Morgan fingerprint density at radius 1 is 0.864 bits per heavy atom. The van der Waals surface area contributed by atoms with Gasteiger partial charge in [-0.15, -0.1) is 0 Å². The zero-order chi connectivity index (χ0) is 15.4. The van der Waals surface area contributed by atoms with Crippen molar-refractivity contribution >= 4 is 0 Å². The zero-order valence-corrected chi connectivity index (χ0v) is 11.7. The Balaban J connectivity index is 1.78. The SMILES string of the molecule is N#Cc1ccc(Cc2cc(-c3ccc(C#N)cc3)no2)cc1. The maximum absolute atomic E-state index is 8.80. The Kier molecular flexibility index (Phi) is 3.68. The van der Waals surface area contributed by atoms with Crippen molar-refractivity contribution in [3.8, 4) is 23.4 Å². The van der Waals surface area contributed by atoms with E-state index in [1.807, 2.05) is 30.3 Å². The molecule has 4 heteroatoms. The molecule has 0 amide bonds. The quantitative estimate of drug-likeness (QED) is 0.735. The normalized spacial score (nSPS) is 9.91. The molecule has 0 aliphatic heterocycles. The van der Waals surface area contributed by atoms with E-state index in [0.717, 1.165) is 22.6 Å². The smallest absolute Gasteiger partial charge is 0.141 e. The Morgan fingerprint density at radius 2 is 1.45 bits per heavy atom. The highest BCUT2D eigenvalue weighted by Crippen LogP contribution is 2.21. The van der Waals surface area contributed by atoms with Crippen LogP contribution >= 0.6 is 0 Å². The third-order valence-electron chi connectivity index (χ3n) is 3.33. The van der Waals surface area contributed by atoms with Gasteiger partial charge in [0.2, 0.25) is 0 Å². The van der Waals surface area contributed by atoms with Gasteiger partial charge in [-0.05, 0) is 29.8 Å². The summed E-state index contributed by atoms with van der Waals surface area (Å²) in [4.78, 5) is 0. The van der Waals surface area contributed by atoms with Crippen LogP contribution < -0.4 is 0 Å². The molecule has 0 atom stereocenters. The van der Waals surface area contributed by atoms with Gasteiger partial charge in [-0.25, -0.2) is 0 Å². The lowest BCUT2D eigenvalue weighted by molar-refractivity contribution is 0.391. The van der Waals surface area contributed by atoms with Crippen molar-refractivity contribution in [1.29, 1.82) is 10.5 Å². The fourth-order valence-corrected chi connectivity index (χ4v) is 2.15. The fraction of sp³-hybridized carbons (Fsp3) is 0.0556. The molecule has 0 spiro atoms. The molecule has 0 aliphatic rings. The number of hydrogen-bond acceptors (Lipinski definition) is 4. The van der Waals surface area contributed by atoms with E-state index in [1.54, 1.807) is 24.3 Å². The Morgan fingerprint density at radius 3 is 2.05 bits per heavy atom. The lowest BCUT2D eigenvalue weighted by atomic mass is 10.1. The lowest BCUT2D eigenvalue weighted by Crippen LogP contribution is -1.85. The molecule has 4 nitrogen and oxygen atoms in total. The van der Waals surface area contributed by atoms with E-state index in [0.29, 0.717) is 17.5 Å². The van der Waals surface area contributed by atoms with Gasteiger partial charge in [-0.2, -0.15) is 10.5 Å². The maximum atomic E-state index is 8.80. The molecule has 0 N–H and O–H groups in total. The molecule has 1 aromatic heterocycles. The average molecular weight is 285 g/mol. The summed E-state index contributed by atoms with van der Waals surface area (Å²) in [5, 5.41) is 21.6. The van der Waals surface area contributed by atoms with Crippen LogP contribution in [0.15, 0.2) is 59.1 Å². The van der Waals surface area contributed by atoms with Crippen molar-refractivity contribution in [1.82, 2.24) is 5.16 Å². The van der Waals surface area contributed by atoms with Crippen LogP contribution in [0.1, 0.15) is 22.5 Å². The molecule has 0 saturated heterocycles. The highest BCUT2D eigenvalue weighted by Gasteiger charge is 2.07. The molecule has 2 aromatic carbocycles. The van der Waals surface area contributed by atoms with E-state index in [9.17, 15) is 0 Å². The van der Waals surface area contributed by atoms with Crippen molar-refractivity contribution in [3.63, 3.8) is 0 Å². The minimum atomic E-state index is 0.616. The maximum Gasteiger partial charge on any atom is 0.141 e. The van der Waals surface area contributed by atoms with Gasteiger partial charge in [0.05, 0.1) is 23.3 Å². The first kappa shape index (κ1) is 13.6. The third kappa shape index (κ3) is 2.87. The zero-order valence-electron chi connectivity index (χ0n) is 11.7. The standard InChI is InChI=1S/C18H11N3O/c19-11-14-3-1-13(2-4-14)9-17-10-18(21-22-17)16-7-5-15(12-20)6-8-16/h1-8,10H,9H2. The van der Waals surface area contributed by atoms with Gasteiger partial charge < -0.3 is 4.52 Å². The van der Waals surface area contributed by atoms with Gasteiger partial charge in [-0.1, -0.05) is 29.4 Å². The van der Waals surface area contributed by atoms with Crippen molar-refractivity contribution < 1.29 is 4.52 Å². The first-order valence-corrected chi connectivity index (χ1v) is 6.73. The van der Waals surface area contributed by atoms with Crippen LogP contribution in [-0.4, -0.2) is 5.16 Å². The summed E-state index contributed by atoms with van der Waals surface area (Å²) >= 11 is 0. The number of nitrogens with zero attached hydrogens (tertiary/aromatic N) is 3. The highest BCUT2D eigenvalue weighted by atomic mass is 16.5. The molecule has 0 unspecified atom stereocenters. The van der Waals surface area contributed by atoms with Gasteiger partial charge in [0.25, 0.3) is 0 Å². The van der Waals surface area contributed by atoms with E-state index in [2.05, 4.69) is 17.3 Å². The molecule has 0 fully saturated rings. The summed E-state index contributed by atoms with van der Waals surface area (Å²) in [6.07, 6.45) is 0.620. The van der Waals surface area contributed by atoms with Crippen LogP contribution in [0.5, 0.6) is 0 Å². The van der Waals surface area contributed by atoms with Crippen molar-refractivity contribution in [2.45, 2.75) is 6.42 Å². The van der Waals surface area contributed by atoms with E-state index in [1.165, 1.54) is 0 Å². The van der Waals surface area contributed by atoms with Crippen molar-refractivity contribution in [2.75, 3.05) is 0 Å². The van der Waals surface area contributed by atoms with E-state index in [-0.39, 0.29) is 0 Å². The number of aromatic nitrogens is 1. The number of nitriles is 2. The van der Waals surface area contributed by atoms with Gasteiger partial charge in [0.1, 0.15) is 11.5 Å². The predicted molar refractivity (Wildman–Crippen MR) is 80.6 cm³/mol. The highest BCUT2D eigenvalue weighted by molar-refractivity contribution is 5.60. The predicted octanol–water partition coefficient (Wildman–Crippen LogP) is 3.68. The first-order valence-electron chi connectivity index (χ1n) is 6.73. The van der Waals surface area contributed by atoms with Gasteiger partial charge in [0, 0.05) is 18.1 Å². The summed E-state index contributed by atoms with van der Waals surface area (Å²) in [5.74, 6) is 0.754. The van der Waals surface area contributed by atoms with Crippen molar-refractivity contribution in [3.05, 3.63) is 77.0 Å². The minimum Gasteiger partial charge on any atom is -0.360 e. The van der Waals surface area contributed by atoms with E-state index in [4.69, 9.17) is 15.0 Å². The van der Waals surface area contributed by atoms with Crippen molar-refractivity contribution in [2.24, 2.45) is 0 Å². The van der Waals surface area contributed by atoms with Gasteiger partial charge in [-0.3, -0.25) is 0 Å². The molecule has 0 saturated carbocycles. The minimum absolute atomic E-state index is 0.616.